The van der Waals surface area contributed by atoms with Crippen LogP contribution in [0.1, 0.15) is 24.3 Å². The second-order valence-electron chi connectivity index (χ2n) is 7.62. The maximum atomic E-state index is 9.75. The fourth-order valence-corrected chi connectivity index (χ4v) is 3.90. The molecular formula is C21H17N7O2. The lowest BCUT2D eigenvalue weighted by molar-refractivity contribution is 0.447. The predicted octanol–water partition coefficient (Wildman–Crippen LogP) is 3.19. The van der Waals surface area contributed by atoms with E-state index in [-0.39, 0.29) is 11.3 Å². The van der Waals surface area contributed by atoms with Crippen LogP contribution in [0.3, 0.4) is 0 Å². The summed E-state index contributed by atoms with van der Waals surface area (Å²) in [5, 5.41) is 23.5. The third kappa shape index (κ3) is 2.52. The van der Waals surface area contributed by atoms with Crippen LogP contribution in [0.2, 0.25) is 0 Å². The smallest absolute Gasteiger partial charge is 0.249 e. The molecule has 30 heavy (non-hydrogen) atoms. The van der Waals surface area contributed by atoms with Gasteiger partial charge >= 0.3 is 0 Å². The zero-order valence-electron chi connectivity index (χ0n) is 16.1. The Kier molecular flexibility index (Phi) is 3.38. The van der Waals surface area contributed by atoms with E-state index in [1.54, 1.807) is 23.1 Å². The first-order valence-corrected chi connectivity index (χ1v) is 9.58. The molecular weight excluding hydrogens is 382 g/mol. The van der Waals surface area contributed by atoms with Crippen molar-refractivity contribution < 1.29 is 9.52 Å². The molecule has 1 aliphatic rings. The number of aryl methyl sites for hydroxylation is 1. The summed E-state index contributed by atoms with van der Waals surface area (Å²) in [5.41, 5.74) is 4.08. The van der Waals surface area contributed by atoms with Crippen molar-refractivity contribution in [3.63, 3.8) is 0 Å². The standard InChI is InChI=1S/C21H17N7O2/c1-28-11-13(9-25-28)12-6-15-16(10-24-18(15)23-8-12)19-26-27-20(30-19)21(3-4-21)14-2-5-22-17(29)7-14/h2,5-11H,3-4H2,1H3,(H,22,29)(H,23,24). The number of nitrogens with one attached hydrogen (secondary N) is 1. The molecule has 9 nitrogen and oxygen atoms in total. The van der Waals surface area contributed by atoms with Crippen molar-refractivity contribution in [1.29, 1.82) is 0 Å². The van der Waals surface area contributed by atoms with E-state index in [0.717, 1.165) is 46.1 Å². The third-order valence-corrected chi connectivity index (χ3v) is 5.68. The van der Waals surface area contributed by atoms with Crippen molar-refractivity contribution in [2.24, 2.45) is 7.05 Å². The molecule has 9 heteroatoms. The van der Waals surface area contributed by atoms with Crippen LogP contribution < -0.4 is 0 Å². The Morgan fingerprint density at radius 1 is 1.13 bits per heavy atom. The van der Waals surface area contributed by atoms with Crippen LogP contribution >= 0.6 is 0 Å². The SMILES string of the molecule is Cn1cc(-c2cnc3[nH]cc(-c4nnc(C5(c6ccnc(O)c6)CC5)o4)c3c2)cn1. The molecule has 148 valence electrons. The maximum absolute atomic E-state index is 9.75. The minimum atomic E-state index is -0.350. The molecule has 0 amide bonds. The molecule has 0 aromatic carbocycles. The number of aromatic hydroxyl groups is 1. The van der Waals surface area contributed by atoms with Crippen molar-refractivity contribution >= 4 is 11.0 Å². The van der Waals surface area contributed by atoms with Gasteiger partial charge in [0, 0.05) is 54.4 Å². The van der Waals surface area contributed by atoms with E-state index >= 15 is 0 Å². The van der Waals surface area contributed by atoms with Gasteiger partial charge in [-0.3, -0.25) is 4.68 Å². The number of aromatic amines is 1. The van der Waals surface area contributed by atoms with E-state index in [4.69, 9.17) is 4.42 Å². The molecule has 5 aromatic rings. The van der Waals surface area contributed by atoms with E-state index in [0.29, 0.717) is 11.8 Å². The molecule has 0 radical (unpaired) electrons. The zero-order valence-corrected chi connectivity index (χ0v) is 16.1. The summed E-state index contributed by atoms with van der Waals surface area (Å²) in [6, 6.07) is 5.59. The number of hydrogen-bond acceptors (Lipinski definition) is 7. The Hall–Kier alpha value is -4.01. The number of aromatic nitrogens is 7. The van der Waals surface area contributed by atoms with Crippen molar-refractivity contribution in [3.05, 3.63) is 60.6 Å². The highest BCUT2D eigenvalue weighted by Gasteiger charge is 2.51. The molecule has 0 bridgehead atoms. The van der Waals surface area contributed by atoms with E-state index in [1.807, 2.05) is 37.8 Å². The summed E-state index contributed by atoms with van der Waals surface area (Å²) in [6.45, 7) is 0. The van der Waals surface area contributed by atoms with Crippen LogP contribution in [-0.4, -0.2) is 40.0 Å². The van der Waals surface area contributed by atoms with Gasteiger partial charge < -0.3 is 14.5 Å². The van der Waals surface area contributed by atoms with Gasteiger partial charge in [0.2, 0.25) is 17.7 Å². The van der Waals surface area contributed by atoms with Crippen LogP contribution in [0.15, 0.2) is 53.6 Å². The fourth-order valence-electron chi connectivity index (χ4n) is 3.90. The first-order chi connectivity index (χ1) is 14.6. The van der Waals surface area contributed by atoms with E-state index < -0.39 is 0 Å². The van der Waals surface area contributed by atoms with Gasteiger partial charge in [0.15, 0.2) is 0 Å². The monoisotopic (exact) mass is 399 g/mol. The van der Waals surface area contributed by atoms with Crippen LogP contribution in [0, 0.1) is 0 Å². The maximum Gasteiger partial charge on any atom is 0.249 e. The molecule has 2 N–H and O–H groups in total. The number of rotatable bonds is 4. The quantitative estimate of drug-likeness (QED) is 0.476. The Balaban J connectivity index is 1.41. The van der Waals surface area contributed by atoms with Gasteiger partial charge in [-0.25, -0.2) is 9.97 Å². The van der Waals surface area contributed by atoms with Gasteiger partial charge in [0.1, 0.15) is 5.65 Å². The third-order valence-electron chi connectivity index (χ3n) is 5.68. The highest BCUT2D eigenvalue weighted by Crippen LogP contribution is 2.53. The Morgan fingerprint density at radius 3 is 2.80 bits per heavy atom. The molecule has 1 saturated carbocycles. The summed E-state index contributed by atoms with van der Waals surface area (Å²) in [7, 11) is 1.88. The van der Waals surface area contributed by atoms with Gasteiger partial charge in [-0.15, -0.1) is 10.2 Å². The van der Waals surface area contributed by atoms with Crippen LogP contribution in [0.25, 0.3) is 33.6 Å². The molecule has 1 aliphatic carbocycles. The minimum absolute atomic E-state index is 0.0100. The van der Waals surface area contributed by atoms with Gasteiger partial charge in [-0.1, -0.05) is 0 Å². The zero-order chi connectivity index (χ0) is 20.3. The fraction of sp³-hybridized carbons (Fsp3) is 0.190. The highest BCUT2D eigenvalue weighted by atomic mass is 16.4. The molecule has 0 spiro atoms. The Morgan fingerprint density at radius 2 is 2.03 bits per heavy atom. The second kappa shape index (κ2) is 5.99. The lowest BCUT2D eigenvalue weighted by Crippen LogP contribution is -2.09. The summed E-state index contributed by atoms with van der Waals surface area (Å²) in [4.78, 5) is 11.6. The van der Waals surface area contributed by atoms with Crippen LogP contribution in [0.5, 0.6) is 5.88 Å². The summed E-state index contributed by atoms with van der Waals surface area (Å²) in [6.07, 6.45) is 10.8. The molecule has 6 rings (SSSR count). The number of pyridine rings is 2. The summed E-state index contributed by atoms with van der Waals surface area (Å²) < 4.78 is 7.88. The summed E-state index contributed by atoms with van der Waals surface area (Å²) in [5.74, 6) is 0.976. The predicted molar refractivity (Wildman–Crippen MR) is 108 cm³/mol. The molecule has 5 heterocycles. The Labute approximate surface area is 170 Å². The lowest BCUT2D eigenvalue weighted by Gasteiger charge is -2.10. The second-order valence-corrected chi connectivity index (χ2v) is 7.62. The Bertz CT molecular complexity index is 1390. The lowest BCUT2D eigenvalue weighted by atomic mass is 9.97. The van der Waals surface area contributed by atoms with Crippen molar-refractivity contribution in [2.45, 2.75) is 18.3 Å². The average molecular weight is 399 g/mol. The van der Waals surface area contributed by atoms with E-state index in [2.05, 4.69) is 30.2 Å². The van der Waals surface area contributed by atoms with Crippen LogP contribution in [-0.2, 0) is 12.5 Å². The number of nitrogens with zero attached hydrogens (tertiary/aromatic N) is 6. The first kappa shape index (κ1) is 16.9. The normalized spacial score (nSPS) is 15.0. The molecule has 1 fully saturated rings. The molecule has 5 aromatic heterocycles. The van der Waals surface area contributed by atoms with Crippen molar-refractivity contribution in [3.8, 4) is 28.5 Å². The largest absolute Gasteiger partial charge is 0.493 e. The minimum Gasteiger partial charge on any atom is -0.493 e. The van der Waals surface area contributed by atoms with Gasteiger partial charge in [0.25, 0.3) is 0 Å². The van der Waals surface area contributed by atoms with Crippen LogP contribution in [0.4, 0.5) is 0 Å². The van der Waals surface area contributed by atoms with E-state index in [9.17, 15) is 5.11 Å². The summed E-state index contributed by atoms with van der Waals surface area (Å²) >= 11 is 0. The van der Waals surface area contributed by atoms with Crippen molar-refractivity contribution in [2.75, 3.05) is 0 Å². The molecule has 0 atom stereocenters. The average Bonchev–Trinajstić information content (AvgIpc) is 3.09. The number of H-pyrrole nitrogens is 1. The first-order valence-electron chi connectivity index (χ1n) is 9.58. The van der Waals surface area contributed by atoms with Gasteiger partial charge in [-0.05, 0) is 30.5 Å². The highest BCUT2D eigenvalue weighted by molar-refractivity contribution is 5.93. The number of hydrogen-bond donors (Lipinski definition) is 2. The topological polar surface area (TPSA) is 119 Å². The molecule has 0 unspecified atom stereocenters. The number of fused-ring (bicyclic) bond motifs is 1. The van der Waals surface area contributed by atoms with Gasteiger partial charge in [-0.2, -0.15) is 5.10 Å². The van der Waals surface area contributed by atoms with Crippen molar-refractivity contribution in [1.82, 2.24) is 34.9 Å². The molecule has 0 aliphatic heterocycles. The molecule has 0 saturated heterocycles. The van der Waals surface area contributed by atoms with Gasteiger partial charge in [0.05, 0.1) is 17.2 Å². The van der Waals surface area contributed by atoms with E-state index in [1.165, 1.54) is 0 Å².